The smallest absolute Gasteiger partial charge is 0.306 e. The van der Waals surface area contributed by atoms with Crippen LogP contribution in [0.3, 0.4) is 0 Å². The van der Waals surface area contributed by atoms with Gasteiger partial charge < -0.3 is 14.2 Å². The summed E-state index contributed by atoms with van der Waals surface area (Å²) in [4.78, 5) is 38.0. The predicted octanol–water partition coefficient (Wildman–Crippen LogP) is 18.0. The van der Waals surface area contributed by atoms with E-state index in [9.17, 15) is 14.4 Å². The lowest BCUT2D eigenvalue weighted by atomic mass is 10.1. The van der Waals surface area contributed by atoms with Crippen LogP contribution < -0.4 is 0 Å². The topological polar surface area (TPSA) is 78.9 Å². The molecule has 0 heterocycles. The number of hydrogen-bond acceptors (Lipinski definition) is 6. The highest BCUT2D eigenvalue weighted by Crippen LogP contribution is 2.12. The third-order valence-electron chi connectivity index (χ3n) is 10.6. The number of hydrogen-bond donors (Lipinski definition) is 0. The van der Waals surface area contributed by atoms with Gasteiger partial charge in [0.15, 0.2) is 6.10 Å². The fourth-order valence-electron chi connectivity index (χ4n) is 6.61. The van der Waals surface area contributed by atoms with E-state index >= 15 is 0 Å². The minimum absolute atomic E-state index is 0.125. The van der Waals surface area contributed by atoms with E-state index in [2.05, 4.69) is 154 Å². The summed E-state index contributed by atoms with van der Waals surface area (Å²) in [5.41, 5.74) is 0. The van der Waals surface area contributed by atoms with E-state index in [1.165, 1.54) is 12.8 Å². The maximum atomic E-state index is 12.8. The maximum absolute atomic E-state index is 12.8. The van der Waals surface area contributed by atoms with Crippen molar-refractivity contribution < 1.29 is 28.6 Å². The van der Waals surface area contributed by atoms with Crippen molar-refractivity contribution in [1.29, 1.82) is 0 Å². The van der Waals surface area contributed by atoms with Gasteiger partial charge in [0.25, 0.3) is 0 Å². The molecule has 0 aliphatic carbocycles. The first kappa shape index (κ1) is 63.3. The number of rotatable bonds is 46. The van der Waals surface area contributed by atoms with Gasteiger partial charge in [-0.25, -0.2) is 0 Å². The molecule has 1 atom stereocenters. The lowest BCUT2D eigenvalue weighted by Crippen LogP contribution is -2.30. The fraction of sp³-hybridized carbons (Fsp3) is 0.565. The number of ether oxygens (including phenoxy) is 3. The normalized spacial score (nSPS) is 13.3. The number of unbranched alkanes of at least 4 members (excludes halogenated alkanes) is 11. The Kier molecular flexibility index (Phi) is 51.1. The van der Waals surface area contributed by atoms with Crippen molar-refractivity contribution in [3.05, 3.63) is 146 Å². The fourth-order valence-corrected chi connectivity index (χ4v) is 6.61. The minimum atomic E-state index is -0.836. The SMILES string of the molecule is CC/C=C\C/C=C\C/C=C\C/C=C\C/C=C\C/C=C\CCC(=O)OC(COC(=O)CCCCCCC/C=C\C/C=C\C/C=C\C/C=C\C/C=C\CC)COC(=O)CCCCCCC/C=C\CCC. The van der Waals surface area contributed by atoms with Crippen molar-refractivity contribution >= 4 is 17.9 Å². The molecule has 0 radical (unpaired) electrons. The Labute approximate surface area is 417 Å². The second-order valence-corrected chi connectivity index (χ2v) is 17.0. The van der Waals surface area contributed by atoms with Crippen molar-refractivity contribution in [1.82, 2.24) is 0 Å². The summed E-state index contributed by atoms with van der Waals surface area (Å²) in [6.45, 7) is 6.24. The van der Waals surface area contributed by atoms with Crippen molar-refractivity contribution in [2.45, 2.75) is 213 Å². The van der Waals surface area contributed by atoms with Crippen LogP contribution in [0.15, 0.2) is 146 Å². The summed E-state index contributed by atoms with van der Waals surface area (Å²) in [5, 5.41) is 0. The van der Waals surface area contributed by atoms with Gasteiger partial charge in [-0.3, -0.25) is 14.4 Å². The summed E-state index contributed by atoms with van der Waals surface area (Å²) in [6.07, 6.45) is 78.5. The summed E-state index contributed by atoms with van der Waals surface area (Å²) in [6, 6.07) is 0. The molecule has 6 nitrogen and oxygen atoms in total. The van der Waals surface area contributed by atoms with E-state index in [1.807, 2.05) is 12.2 Å². The summed E-state index contributed by atoms with van der Waals surface area (Å²) < 4.78 is 16.7. The first-order chi connectivity index (χ1) is 33.5. The minimum Gasteiger partial charge on any atom is -0.462 e. The van der Waals surface area contributed by atoms with Crippen LogP contribution in [0.4, 0.5) is 0 Å². The third kappa shape index (κ3) is 52.3. The molecule has 0 aromatic rings. The van der Waals surface area contributed by atoms with E-state index in [1.54, 1.807) is 0 Å². The van der Waals surface area contributed by atoms with Gasteiger partial charge in [-0.2, -0.15) is 0 Å². The van der Waals surface area contributed by atoms with Gasteiger partial charge in [-0.15, -0.1) is 0 Å². The molecule has 0 fully saturated rings. The Balaban J connectivity index is 4.52. The Morgan fingerprint density at radius 3 is 0.971 bits per heavy atom. The molecule has 0 bridgehead atoms. The first-order valence-corrected chi connectivity index (χ1v) is 26.8. The van der Waals surface area contributed by atoms with Crippen LogP contribution in [0.5, 0.6) is 0 Å². The van der Waals surface area contributed by atoms with Gasteiger partial charge in [-0.05, 0) is 122 Å². The summed E-state index contributed by atoms with van der Waals surface area (Å²) >= 11 is 0. The van der Waals surface area contributed by atoms with E-state index in [-0.39, 0.29) is 31.6 Å². The average molecular weight is 937 g/mol. The number of carbonyl (C=O) groups is 3. The predicted molar refractivity (Wildman–Crippen MR) is 292 cm³/mol. The van der Waals surface area contributed by atoms with Crippen LogP contribution in [0.2, 0.25) is 0 Å². The molecule has 6 heteroatoms. The highest BCUT2D eigenvalue weighted by molar-refractivity contribution is 5.71. The van der Waals surface area contributed by atoms with Gasteiger partial charge in [0, 0.05) is 19.3 Å². The van der Waals surface area contributed by atoms with Crippen LogP contribution >= 0.6 is 0 Å². The highest BCUT2D eigenvalue weighted by Gasteiger charge is 2.19. The molecule has 0 spiro atoms. The van der Waals surface area contributed by atoms with Crippen molar-refractivity contribution in [2.75, 3.05) is 13.2 Å². The molecule has 1 unspecified atom stereocenters. The molecule has 0 saturated carbocycles. The molecule has 0 aliphatic heterocycles. The zero-order valence-electron chi connectivity index (χ0n) is 43.3. The molecular weight excluding hydrogens is 841 g/mol. The molecule has 0 saturated heterocycles. The summed E-state index contributed by atoms with van der Waals surface area (Å²) in [7, 11) is 0. The second-order valence-electron chi connectivity index (χ2n) is 17.0. The molecule has 0 rings (SSSR count). The summed E-state index contributed by atoms with van der Waals surface area (Å²) in [5.74, 6) is -1.05. The molecule has 0 aliphatic rings. The highest BCUT2D eigenvalue weighted by atomic mass is 16.6. The average Bonchev–Trinajstić information content (AvgIpc) is 3.34. The van der Waals surface area contributed by atoms with Crippen LogP contribution in [-0.2, 0) is 28.6 Å². The van der Waals surface area contributed by atoms with Gasteiger partial charge in [-0.1, -0.05) is 212 Å². The molecule has 0 aromatic carbocycles. The lowest BCUT2D eigenvalue weighted by molar-refractivity contribution is -0.166. The third-order valence-corrected chi connectivity index (χ3v) is 10.6. The largest absolute Gasteiger partial charge is 0.462 e. The molecule has 380 valence electrons. The Hall–Kier alpha value is -4.71. The van der Waals surface area contributed by atoms with Crippen molar-refractivity contribution in [2.24, 2.45) is 0 Å². The van der Waals surface area contributed by atoms with Crippen molar-refractivity contribution in [3.63, 3.8) is 0 Å². The molecular formula is C62H96O6. The zero-order valence-corrected chi connectivity index (χ0v) is 43.3. The monoisotopic (exact) mass is 937 g/mol. The van der Waals surface area contributed by atoms with E-state index in [0.717, 1.165) is 148 Å². The Morgan fingerprint density at radius 2 is 0.603 bits per heavy atom. The van der Waals surface area contributed by atoms with Crippen LogP contribution in [0.1, 0.15) is 207 Å². The maximum Gasteiger partial charge on any atom is 0.306 e. The quantitative estimate of drug-likeness (QED) is 0.0262. The van der Waals surface area contributed by atoms with Gasteiger partial charge in [0.2, 0.25) is 0 Å². The van der Waals surface area contributed by atoms with Crippen LogP contribution in [0.25, 0.3) is 0 Å². The number of esters is 3. The Morgan fingerprint density at radius 1 is 0.309 bits per heavy atom. The molecule has 0 amide bonds. The number of allylic oxidation sites excluding steroid dienone is 24. The van der Waals surface area contributed by atoms with E-state index in [4.69, 9.17) is 14.2 Å². The van der Waals surface area contributed by atoms with Crippen LogP contribution in [0, 0.1) is 0 Å². The molecule has 0 aromatic heterocycles. The van der Waals surface area contributed by atoms with Gasteiger partial charge in [0.1, 0.15) is 13.2 Å². The van der Waals surface area contributed by atoms with E-state index < -0.39 is 12.1 Å². The van der Waals surface area contributed by atoms with Gasteiger partial charge in [0.05, 0.1) is 0 Å². The zero-order chi connectivity index (χ0) is 49.3. The number of carbonyl (C=O) groups excluding carboxylic acids is 3. The second kappa shape index (κ2) is 54.9. The van der Waals surface area contributed by atoms with Crippen LogP contribution in [-0.4, -0.2) is 37.2 Å². The first-order valence-electron chi connectivity index (χ1n) is 26.8. The standard InChI is InChI=1S/C62H96O6/c1-4-7-10-13-16-19-22-24-26-28-30-31-33-34-36-38-40-43-46-49-52-55-61(64)67-58-59(57-66-60(63)54-51-48-45-42-21-18-15-12-9-6-3)68-62(65)56-53-50-47-44-41-39-37-35-32-29-27-25-23-20-17-14-11-8-5-2/h7-8,10-12,15-17,19-20,24-27,30-32,34-36,39,41,47,50,59H,4-6,9,13-14,18,21-23,28-29,33,37-38,40,42-46,48-49,51-58H2,1-3H3/b10-7-,11-8-,15-12-,19-16-,20-17-,26-24-,27-25-,31-30-,35-32-,36-34-,41-39-,50-47-. The van der Waals surface area contributed by atoms with E-state index in [0.29, 0.717) is 19.3 Å². The molecule has 0 N–H and O–H groups in total. The molecule has 68 heavy (non-hydrogen) atoms. The van der Waals surface area contributed by atoms with Gasteiger partial charge >= 0.3 is 17.9 Å². The Bertz CT molecular complexity index is 1540. The lowest BCUT2D eigenvalue weighted by Gasteiger charge is -2.18. The van der Waals surface area contributed by atoms with Crippen molar-refractivity contribution in [3.8, 4) is 0 Å².